The molecule has 0 aliphatic rings. The van der Waals surface area contributed by atoms with Gasteiger partial charge in [-0.3, -0.25) is 9.59 Å². The lowest BCUT2D eigenvalue weighted by molar-refractivity contribution is -0.120. The number of anilines is 1. The molecule has 2 aromatic rings. The van der Waals surface area contributed by atoms with Crippen LogP contribution < -0.4 is 5.32 Å². The molecule has 2 aromatic carbocycles. The highest BCUT2D eigenvalue weighted by atomic mass is 35.5. The number of nitrogens with one attached hydrogen (secondary N) is 1. The number of carbonyl (C=O) groups is 2. The van der Waals surface area contributed by atoms with E-state index >= 15 is 0 Å². The Morgan fingerprint density at radius 2 is 1.86 bits per heavy atom. The first-order valence-corrected chi connectivity index (χ1v) is 7.26. The normalized spacial score (nSPS) is 10.3. The Balaban J connectivity index is 2.28. The third kappa shape index (κ3) is 4.16. The highest BCUT2D eigenvalue weighted by molar-refractivity contribution is 6.31. The quantitative estimate of drug-likeness (QED) is 0.829. The van der Waals surface area contributed by atoms with Gasteiger partial charge in [-0.2, -0.15) is 0 Å². The van der Waals surface area contributed by atoms with Gasteiger partial charge in [-0.25, -0.2) is 0 Å². The van der Waals surface area contributed by atoms with E-state index in [0.29, 0.717) is 28.4 Å². The van der Waals surface area contributed by atoms with Crippen LogP contribution in [0.15, 0.2) is 48.5 Å². The van der Waals surface area contributed by atoms with Crippen LogP contribution in [0.2, 0.25) is 5.02 Å². The van der Waals surface area contributed by atoms with Crippen LogP contribution in [0.5, 0.6) is 0 Å². The summed E-state index contributed by atoms with van der Waals surface area (Å²) in [4.78, 5) is 24.4. The van der Waals surface area contributed by atoms with Gasteiger partial charge in [0.2, 0.25) is 5.91 Å². The van der Waals surface area contributed by atoms with Crippen LogP contribution in [0.25, 0.3) is 0 Å². The van der Waals surface area contributed by atoms with Gasteiger partial charge in [0.05, 0.1) is 5.69 Å². The molecule has 22 heavy (non-hydrogen) atoms. The molecule has 114 valence electrons. The first kappa shape index (κ1) is 16.2. The van der Waals surface area contributed by atoms with Gasteiger partial charge in [0.25, 0.3) is 0 Å². The molecule has 0 aliphatic carbocycles. The van der Waals surface area contributed by atoms with Crippen molar-refractivity contribution in [3.8, 4) is 0 Å². The Bertz CT molecular complexity index is 671. The highest BCUT2D eigenvalue weighted by Gasteiger charge is 2.15. The van der Waals surface area contributed by atoms with Crippen molar-refractivity contribution >= 4 is 29.0 Å². The molecule has 0 aliphatic heterocycles. The molecule has 0 saturated heterocycles. The minimum atomic E-state index is -0.314. The van der Waals surface area contributed by atoms with Crippen LogP contribution in [0, 0.1) is 0 Å². The number of ether oxygens (including phenoxy) is 1. The van der Waals surface area contributed by atoms with E-state index in [1.165, 1.54) is 0 Å². The summed E-state index contributed by atoms with van der Waals surface area (Å²) >= 11 is 5.98. The SMILES string of the molecule is CCOCC(=O)Nc1ccc(Cl)cc1C(=O)c1ccccc1. The predicted octanol–water partition coefficient (Wildman–Crippen LogP) is 3.55. The number of hydrogen-bond acceptors (Lipinski definition) is 3. The van der Waals surface area contributed by atoms with Gasteiger partial charge in [0.1, 0.15) is 6.61 Å². The van der Waals surface area contributed by atoms with E-state index in [-0.39, 0.29) is 18.3 Å². The van der Waals surface area contributed by atoms with Crippen molar-refractivity contribution in [3.05, 3.63) is 64.7 Å². The molecule has 0 fully saturated rings. The Hall–Kier alpha value is -2.17. The van der Waals surface area contributed by atoms with E-state index in [2.05, 4.69) is 5.32 Å². The van der Waals surface area contributed by atoms with Crippen molar-refractivity contribution in [2.24, 2.45) is 0 Å². The van der Waals surface area contributed by atoms with Crippen molar-refractivity contribution in [1.82, 2.24) is 0 Å². The minimum Gasteiger partial charge on any atom is -0.372 e. The topological polar surface area (TPSA) is 55.4 Å². The van der Waals surface area contributed by atoms with Gasteiger partial charge in [-0.15, -0.1) is 0 Å². The summed E-state index contributed by atoms with van der Waals surface area (Å²) in [7, 11) is 0. The van der Waals surface area contributed by atoms with E-state index in [1.54, 1.807) is 49.4 Å². The smallest absolute Gasteiger partial charge is 0.250 e. The predicted molar refractivity (Wildman–Crippen MR) is 86.4 cm³/mol. The van der Waals surface area contributed by atoms with Gasteiger partial charge < -0.3 is 10.1 Å². The van der Waals surface area contributed by atoms with Crippen molar-refractivity contribution in [1.29, 1.82) is 0 Å². The number of ketones is 1. The molecule has 2 rings (SSSR count). The summed E-state index contributed by atoms with van der Waals surface area (Å²) in [5.41, 5.74) is 1.30. The zero-order valence-corrected chi connectivity index (χ0v) is 12.9. The fraction of sp³-hybridized carbons (Fsp3) is 0.176. The summed E-state index contributed by atoms with van der Waals surface area (Å²) in [6.45, 7) is 2.20. The van der Waals surface area contributed by atoms with Gasteiger partial charge >= 0.3 is 0 Å². The number of benzene rings is 2. The van der Waals surface area contributed by atoms with E-state index < -0.39 is 0 Å². The molecule has 4 nitrogen and oxygen atoms in total. The zero-order valence-electron chi connectivity index (χ0n) is 12.1. The largest absolute Gasteiger partial charge is 0.372 e. The molecule has 0 heterocycles. The maximum atomic E-state index is 12.6. The number of amides is 1. The Morgan fingerprint density at radius 1 is 1.14 bits per heavy atom. The lowest BCUT2D eigenvalue weighted by atomic mass is 10.0. The van der Waals surface area contributed by atoms with Crippen LogP contribution in [0.4, 0.5) is 5.69 Å². The number of rotatable bonds is 6. The van der Waals surface area contributed by atoms with Crippen molar-refractivity contribution in [3.63, 3.8) is 0 Å². The van der Waals surface area contributed by atoms with Crippen LogP contribution in [-0.4, -0.2) is 24.9 Å². The molecule has 1 N–H and O–H groups in total. The monoisotopic (exact) mass is 317 g/mol. The molecule has 0 radical (unpaired) electrons. The molecule has 0 spiro atoms. The summed E-state index contributed by atoms with van der Waals surface area (Å²) < 4.78 is 5.05. The second kappa shape index (κ2) is 7.73. The molecule has 0 unspecified atom stereocenters. The molecule has 0 saturated carbocycles. The summed E-state index contributed by atoms with van der Waals surface area (Å²) in [5.74, 6) is -0.513. The van der Waals surface area contributed by atoms with Gasteiger partial charge in [-0.1, -0.05) is 41.9 Å². The average Bonchev–Trinajstić information content (AvgIpc) is 2.54. The second-order valence-electron chi connectivity index (χ2n) is 4.57. The summed E-state index contributed by atoms with van der Waals surface area (Å²) in [6.07, 6.45) is 0. The second-order valence-corrected chi connectivity index (χ2v) is 5.01. The Labute approximate surface area is 134 Å². The third-order valence-corrected chi connectivity index (χ3v) is 3.21. The number of carbonyl (C=O) groups excluding carboxylic acids is 2. The Morgan fingerprint density at radius 3 is 2.55 bits per heavy atom. The lowest BCUT2D eigenvalue weighted by Gasteiger charge is -2.11. The fourth-order valence-corrected chi connectivity index (χ4v) is 2.11. The molecule has 0 aromatic heterocycles. The summed E-state index contributed by atoms with van der Waals surface area (Å²) in [5, 5.41) is 3.11. The van der Waals surface area contributed by atoms with Crippen molar-refractivity contribution in [2.45, 2.75) is 6.92 Å². The third-order valence-electron chi connectivity index (χ3n) is 2.97. The standard InChI is InChI=1S/C17H16ClNO3/c1-2-22-11-16(20)19-15-9-8-13(18)10-14(15)17(21)12-6-4-3-5-7-12/h3-10H,2,11H2,1H3,(H,19,20). The summed E-state index contributed by atoms with van der Waals surface area (Å²) in [6, 6.07) is 13.6. The fourth-order valence-electron chi connectivity index (χ4n) is 1.94. The van der Waals surface area contributed by atoms with Crippen LogP contribution in [0.1, 0.15) is 22.8 Å². The van der Waals surface area contributed by atoms with E-state index in [4.69, 9.17) is 16.3 Å². The van der Waals surface area contributed by atoms with E-state index in [9.17, 15) is 9.59 Å². The van der Waals surface area contributed by atoms with Crippen molar-refractivity contribution in [2.75, 3.05) is 18.5 Å². The van der Waals surface area contributed by atoms with Crippen LogP contribution >= 0.6 is 11.6 Å². The lowest BCUT2D eigenvalue weighted by Crippen LogP contribution is -2.20. The molecule has 1 amide bonds. The van der Waals surface area contributed by atoms with E-state index in [0.717, 1.165) is 0 Å². The van der Waals surface area contributed by atoms with Crippen molar-refractivity contribution < 1.29 is 14.3 Å². The number of hydrogen-bond donors (Lipinski definition) is 1. The molecule has 0 bridgehead atoms. The zero-order chi connectivity index (χ0) is 15.9. The molecule has 5 heteroatoms. The first-order chi connectivity index (χ1) is 10.6. The van der Waals surface area contributed by atoms with Gasteiger partial charge in [-0.05, 0) is 25.1 Å². The van der Waals surface area contributed by atoms with Crippen LogP contribution in [-0.2, 0) is 9.53 Å². The van der Waals surface area contributed by atoms with Gasteiger partial charge in [0.15, 0.2) is 5.78 Å². The first-order valence-electron chi connectivity index (χ1n) is 6.88. The van der Waals surface area contributed by atoms with E-state index in [1.807, 2.05) is 6.07 Å². The van der Waals surface area contributed by atoms with Crippen LogP contribution in [0.3, 0.4) is 0 Å². The maximum Gasteiger partial charge on any atom is 0.250 e. The maximum absolute atomic E-state index is 12.6. The molecular formula is C17H16ClNO3. The highest BCUT2D eigenvalue weighted by Crippen LogP contribution is 2.23. The number of halogens is 1. The average molecular weight is 318 g/mol. The molecule has 0 atom stereocenters. The Kier molecular flexibility index (Phi) is 5.69. The minimum absolute atomic E-state index is 0.0574. The van der Waals surface area contributed by atoms with Gasteiger partial charge in [0, 0.05) is 22.8 Å². The molecular weight excluding hydrogens is 302 g/mol.